The predicted octanol–water partition coefficient (Wildman–Crippen LogP) is -0.124. The molecule has 1 amide bonds. The molecule has 1 aromatic rings. The number of aryl methyl sites for hydroxylation is 1. The van der Waals surface area contributed by atoms with Crippen LogP contribution in [0.3, 0.4) is 0 Å². The number of hydrogen-bond acceptors (Lipinski definition) is 4. The Labute approximate surface area is 97.5 Å². The van der Waals surface area contributed by atoms with E-state index in [2.05, 4.69) is 5.32 Å². The zero-order valence-electron chi connectivity index (χ0n) is 9.17. The number of aliphatic hydroxyl groups excluding tert-OH is 1. The molecule has 6 nitrogen and oxygen atoms in total. The second kappa shape index (κ2) is 5.31. The summed E-state index contributed by atoms with van der Waals surface area (Å²) < 4.78 is 0. The molecule has 0 saturated heterocycles. The van der Waals surface area contributed by atoms with Crippen LogP contribution < -0.4 is 5.32 Å². The first-order valence-corrected chi connectivity index (χ1v) is 4.90. The van der Waals surface area contributed by atoms with Gasteiger partial charge in [0.2, 0.25) is 0 Å². The van der Waals surface area contributed by atoms with Gasteiger partial charge < -0.3 is 20.6 Å². The number of aliphatic hydroxyl groups is 1. The van der Waals surface area contributed by atoms with Crippen molar-refractivity contribution in [3.05, 3.63) is 29.3 Å². The zero-order valence-corrected chi connectivity index (χ0v) is 9.17. The molecule has 0 aromatic heterocycles. The molecule has 1 aromatic carbocycles. The summed E-state index contributed by atoms with van der Waals surface area (Å²) >= 11 is 0. The van der Waals surface area contributed by atoms with Crippen LogP contribution in [0.4, 0.5) is 0 Å². The van der Waals surface area contributed by atoms with Crippen LogP contribution >= 0.6 is 0 Å². The van der Waals surface area contributed by atoms with Crippen LogP contribution in [0, 0.1) is 6.92 Å². The van der Waals surface area contributed by atoms with Crippen LogP contribution in [0.1, 0.15) is 15.9 Å². The number of phenols is 1. The molecule has 1 atom stereocenters. The van der Waals surface area contributed by atoms with Crippen molar-refractivity contribution in [1.29, 1.82) is 0 Å². The first-order valence-electron chi connectivity index (χ1n) is 4.90. The SMILES string of the molecule is Cc1ccc(C(=O)N[C@H](CO)C(=O)O)cc1O. The number of hydrogen-bond donors (Lipinski definition) is 4. The van der Waals surface area contributed by atoms with Crippen LogP contribution in [-0.4, -0.2) is 39.8 Å². The average Bonchev–Trinajstić information content (AvgIpc) is 2.28. The van der Waals surface area contributed by atoms with Gasteiger partial charge in [0.05, 0.1) is 6.61 Å². The molecule has 17 heavy (non-hydrogen) atoms. The third kappa shape index (κ3) is 3.18. The summed E-state index contributed by atoms with van der Waals surface area (Å²) in [4.78, 5) is 22.2. The Hall–Kier alpha value is -2.08. The summed E-state index contributed by atoms with van der Waals surface area (Å²) in [5.41, 5.74) is 0.742. The zero-order chi connectivity index (χ0) is 13.0. The number of carboxylic acids is 1. The molecule has 0 heterocycles. The molecule has 0 radical (unpaired) electrons. The molecular formula is C11H13NO5. The van der Waals surface area contributed by atoms with Crippen molar-refractivity contribution < 1.29 is 24.9 Å². The van der Waals surface area contributed by atoms with E-state index in [1.807, 2.05) is 0 Å². The fraction of sp³-hybridized carbons (Fsp3) is 0.273. The minimum Gasteiger partial charge on any atom is -0.508 e. The van der Waals surface area contributed by atoms with E-state index in [9.17, 15) is 14.7 Å². The molecule has 92 valence electrons. The Bertz CT molecular complexity index is 443. The molecule has 0 bridgehead atoms. The lowest BCUT2D eigenvalue weighted by molar-refractivity contribution is -0.140. The highest BCUT2D eigenvalue weighted by Gasteiger charge is 2.19. The second-order valence-electron chi connectivity index (χ2n) is 3.55. The van der Waals surface area contributed by atoms with E-state index in [1.54, 1.807) is 13.0 Å². The smallest absolute Gasteiger partial charge is 0.328 e. The van der Waals surface area contributed by atoms with Crippen LogP contribution in [0.5, 0.6) is 5.75 Å². The van der Waals surface area contributed by atoms with Crippen LogP contribution in [-0.2, 0) is 4.79 Å². The van der Waals surface area contributed by atoms with Crippen LogP contribution in [0.2, 0.25) is 0 Å². The molecule has 0 fully saturated rings. The third-order valence-electron chi connectivity index (χ3n) is 2.26. The maximum atomic E-state index is 11.6. The van der Waals surface area contributed by atoms with E-state index in [0.29, 0.717) is 5.56 Å². The summed E-state index contributed by atoms with van der Waals surface area (Å²) in [5.74, 6) is -2.03. The third-order valence-corrected chi connectivity index (χ3v) is 2.26. The molecule has 0 spiro atoms. The molecule has 0 aliphatic carbocycles. The number of aromatic hydroxyl groups is 1. The fourth-order valence-electron chi connectivity index (χ4n) is 1.18. The van der Waals surface area contributed by atoms with E-state index in [1.165, 1.54) is 12.1 Å². The predicted molar refractivity (Wildman–Crippen MR) is 58.8 cm³/mol. The lowest BCUT2D eigenvalue weighted by Crippen LogP contribution is -2.43. The van der Waals surface area contributed by atoms with E-state index in [0.717, 1.165) is 0 Å². The highest BCUT2D eigenvalue weighted by Crippen LogP contribution is 2.17. The molecule has 0 aliphatic rings. The summed E-state index contributed by atoms with van der Waals surface area (Å²) in [6.07, 6.45) is 0. The van der Waals surface area contributed by atoms with Gasteiger partial charge in [0.1, 0.15) is 5.75 Å². The lowest BCUT2D eigenvalue weighted by Gasteiger charge is -2.11. The van der Waals surface area contributed by atoms with Gasteiger partial charge in [-0.3, -0.25) is 4.79 Å². The van der Waals surface area contributed by atoms with Crippen molar-refractivity contribution in [1.82, 2.24) is 5.32 Å². The van der Waals surface area contributed by atoms with E-state index in [4.69, 9.17) is 10.2 Å². The standard InChI is InChI=1S/C11H13NO5/c1-6-2-3-7(4-9(6)14)10(15)12-8(5-13)11(16)17/h2-4,8,13-14H,5H2,1H3,(H,12,15)(H,16,17)/t8-/m1/s1. The van der Waals surface area contributed by atoms with Gasteiger partial charge in [-0.15, -0.1) is 0 Å². The van der Waals surface area contributed by atoms with Crippen molar-refractivity contribution >= 4 is 11.9 Å². The minimum absolute atomic E-state index is 0.0477. The Kier molecular flexibility index (Phi) is 4.06. The second-order valence-corrected chi connectivity index (χ2v) is 3.55. The molecule has 1 rings (SSSR count). The number of carbonyl (C=O) groups is 2. The Balaban J connectivity index is 2.82. The van der Waals surface area contributed by atoms with Gasteiger partial charge in [0.25, 0.3) is 5.91 Å². The van der Waals surface area contributed by atoms with Crippen molar-refractivity contribution in [3.63, 3.8) is 0 Å². The molecular weight excluding hydrogens is 226 g/mol. The van der Waals surface area contributed by atoms with Crippen molar-refractivity contribution in [2.24, 2.45) is 0 Å². The number of benzene rings is 1. The van der Waals surface area contributed by atoms with Gasteiger partial charge in [-0.2, -0.15) is 0 Å². The topological polar surface area (TPSA) is 107 Å². The summed E-state index contributed by atoms with van der Waals surface area (Å²) in [6.45, 7) is 0.976. The molecule has 6 heteroatoms. The van der Waals surface area contributed by atoms with E-state index < -0.39 is 24.5 Å². The number of aliphatic carboxylic acids is 1. The molecule has 0 unspecified atom stereocenters. The highest BCUT2D eigenvalue weighted by atomic mass is 16.4. The fourth-order valence-corrected chi connectivity index (χ4v) is 1.18. The maximum absolute atomic E-state index is 11.6. The summed E-state index contributed by atoms with van der Waals surface area (Å²) in [7, 11) is 0. The van der Waals surface area contributed by atoms with E-state index in [-0.39, 0.29) is 11.3 Å². The number of carboxylic acid groups (broad SMARTS) is 1. The van der Waals surface area contributed by atoms with Gasteiger partial charge in [-0.25, -0.2) is 4.79 Å². The first kappa shape index (κ1) is 13.0. The van der Waals surface area contributed by atoms with Crippen LogP contribution in [0.25, 0.3) is 0 Å². The number of amides is 1. The van der Waals surface area contributed by atoms with Gasteiger partial charge in [0.15, 0.2) is 6.04 Å². The Morgan fingerprint density at radius 2 is 2.06 bits per heavy atom. The van der Waals surface area contributed by atoms with Gasteiger partial charge in [-0.1, -0.05) is 6.07 Å². The van der Waals surface area contributed by atoms with Crippen molar-refractivity contribution in [3.8, 4) is 5.75 Å². The number of nitrogens with one attached hydrogen (secondary N) is 1. The van der Waals surface area contributed by atoms with Gasteiger partial charge in [-0.05, 0) is 24.6 Å². The van der Waals surface area contributed by atoms with Crippen LogP contribution in [0.15, 0.2) is 18.2 Å². The number of phenolic OH excluding ortho intramolecular Hbond substituents is 1. The van der Waals surface area contributed by atoms with Crippen molar-refractivity contribution in [2.45, 2.75) is 13.0 Å². The molecule has 0 saturated carbocycles. The quantitative estimate of drug-likeness (QED) is 0.585. The lowest BCUT2D eigenvalue weighted by atomic mass is 10.1. The van der Waals surface area contributed by atoms with Crippen molar-refractivity contribution in [2.75, 3.05) is 6.61 Å². The maximum Gasteiger partial charge on any atom is 0.328 e. The first-order chi connectivity index (χ1) is 7.95. The average molecular weight is 239 g/mol. The normalized spacial score (nSPS) is 11.9. The molecule has 0 aliphatic heterocycles. The Morgan fingerprint density at radius 1 is 1.41 bits per heavy atom. The number of rotatable bonds is 4. The van der Waals surface area contributed by atoms with Gasteiger partial charge >= 0.3 is 5.97 Å². The number of carbonyl (C=O) groups excluding carboxylic acids is 1. The monoisotopic (exact) mass is 239 g/mol. The van der Waals surface area contributed by atoms with E-state index >= 15 is 0 Å². The molecule has 4 N–H and O–H groups in total. The minimum atomic E-state index is -1.36. The largest absolute Gasteiger partial charge is 0.508 e. The summed E-state index contributed by atoms with van der Waals surface area (Å²) in [5, 5.41) is 28.9. The summed E-state index contributed by atoms with van der Waals surface area (Å²) in [6, 6.07) is 2.88. The Morgan fingerprint density at radius 3 is 2.53 bits per heavy atom. The van der Waals surface area contributed by atoms with Gasteiger partial charge in [0, 0.05) is 5.56 Å². The highest BCUT2D eigenvalue weighted by molar-refractivity contribution is 5.97.